The zero-order valence-corrected chi connectivity index (χ0v) is 12.7. The lowest BCUT2D eigenvalue weighted by Crippen LogP contribution is -2.04. The quantitative estimate of drug-likeness (QED) is 0.664. The molecule has 0 bridgehead atoms. The highest BCUT2D eigenvalue weighted by Crippen LogP contribution is 2.25. The highest BCUT2D eigenvalue weighted by atomic mass is 79.9. The van der Waals surface area contributed by atoms with Crippen LogP contribution in [0.3, 0.4) is 0 Å². The van der Waals surface area contributed by atoms with E-state index in [1.165, 1.54) is 16.7 Å². The van der Waals surface area contributed by atoms with E-state index in [2.05, 4.69) is 53.2 Å². The molecule has 94 valence electrons. The first kappa shape index (κ1) is 13.6. The van der Waals surface area contributed by atoms with E-state index in [0.717, 1.165) is 16.8 Å². The van der Waals surface area contributed by atoms with E-state index in [1.54, 1.807) is 0 Å². The number of aryl methyl sites for hydroxylation is 1. The second-order valence-corrected chi connectivity index (χ2v) is 5.68. The third-order valence-corrected chi connectivity index (χ3v) is 4.09. The van der Waals surface area contributed by atoms with Crippen LogP contribution in [0.5, 0.6) is 0 Å². The van der Waals surface area contributed by atoms with Crippen molar-refractivity contribution in [2.45, 2.75) is 19.3 Å². The Labute approximate surface area is 122 Å². The van der Waals surface area contributed by atoms with Crippen LogP contribution in [-0.4, -0.2) is 5.33 Å². The van der Waals surface area contributed by atoms with Gasteiger partial charge < -0.3 is 0 Å². The lowest BCUT2D eigenvalue weighted by Gasteiger charge is -2.15. The molecule has 0 heterocycles. The van der Waals surface area contributed by atoms with Gasteiger partial charge in [0.1, 0.15) is 0 Å². The Bertz CT molecular complexity index is 522. The smallest absolute Gasteiger partial charge is 0.0408 e. The second-order valence-electron chi connectivity index (χ2n) is 4.60. The molecule has 2 heteroatoms. The van der Waals surface area contributed by atoms with Crippen LogP contribution in [0.1, 0.15) is 22.6 Å². The predicted octanol–water partition coefficient (Wildman–Crippen LogP) is 5.37. The summed E-state index contributed by atoms with van der Waals surface area (Å²) in [7, 11) is 0. The average molecular weight is 324 g/mol. The maximum atomic E-state index is 6.03. The summed E-state index contributed by atoms with van der Waals surface area (Å²) >= 11 is 9.65. The van der Waals surface area contributed by atoms with Crippen LogP contribution in [0.25, 0.3) is 0 Å². The molecule has 0 fully saturated rings. The fourth-order valence-corrected chi connectivity index (χ4v) is 2.95. The number of hydrogen-bond acceptors (Lipinski definition) is 0. The van der Waals surface area contributed by atoms with Gasteiger partial charge in [0.25, 0.3) is 0 Å². The highest BCUT2D eigenvalue weighted by molar-refractivity contribution is 9.09. The molecule has 0 N–H and O–H groups in total. The van der Waals surface area contributed by atoms with E-state index in [9.17, 15) is 0 Å². The van der Waals surface area contributed by atoms with Gasteiger partial charge in [-0.15, -0.1) is 0 Å². The third-order valence-electron chi connectivity index (χ3n) is 3.07. The number of benzene rings is 2. The highest BCUT2D eigenvalue weighted by Gasteiger charge is 2.11. The Kier molecular flexibility index (Phi) is 4.85. The molecule has 2 aromatic carbocycles. The Morgan fingerprint density at radius 1 is 1.11 bits per heavy atom. The molecule has 0 saturated carbocycles. The molecule has 2 aromatic rings. The second kappa shape index (κ2) is 6.40. The number of hydrogen-bond donors (Lipinski definition) is 0. The van der Waals surface area contributed by atoms with E-state index >= 15 is 0 Å². The molecule has 0 nitrogen and oxygen atoms in total. The first-order valence-electron chi connectivity index (χ1n) is 6.06. The molecule has 18 heavy (non-hydrogen) atoms. The average Bonchev–Trinajstić information content (AvgIpc) is 2.36. The minimum Gasteiger partial charge on any atom is -0.0921 e. The number of alkyl halides is 1. The Morgan fingerprint density at radius 3 is 2.56 bits per heavy atom. The van der Waals surface area contributed by atoms with Gasteiger partial charge in [-0.2, -0.15) is 0 Å². The van der Waals surface area contributed by atoms with Crippen molar-refractivity contribution >= 4 is 27.5 Å². The van der Waals surface area contributed by atoms with Gasteiger partial charge in [-0.1, -0.05) is 69.5 Å². The van der Waals surface area contributed by atoms with Gasteiger partial charge in [0.2, 0.25) is 0 Å². The van der Waals surface area contributed by atoms with Gasteiger partial charge in [0.05, 0.1) is 0 Å². The van der Waals surface area contributed by atoms with Gasteiger partial charge in [-0.05, 0) is 42.5 Å². The summed E-state index contributed by atoms with van der Waals surface area (Å²) in [6.45, 7) is 2.13. The maximum Gasteiger partial charge on any atom is 0.0408 e. The van der Waals surface area contributed by atoms with Crippen molar-refractivity contribution in [2.24, 2.45) is 0 Å². The fourth-order valence-electron chi connectivity index (χ4n) is 2.13. The maximum absolute atomic E-state index is 6.03. The first-order chi connectivity index (χ1) is 8.69. The topological polar surface area (TPSA) is 0 Å². The van der Waals surface area contributed by atoms with Crippen LogP contribution in [0, 0.1) is 6.92 Å². The monoisotopic (exact) mass is 322 g/mol. The van der Waals surface area contributed by atoms with Crippen molar-refractivity contribution in [3.05, 3.63) is 70.2 Å². The van der Waals surface area contributed by atoms with E-state index < -0.39 is 0 Å². The fraction of sp³-hybridized carbons (Fsp3) is 0.250. The van der Waals surface area contributed by atoms with E-state index in [1.807, 2.05) is 18.2 Å². The molecule has 0 saturated heterocycles. The first-order valence-corrected chi connectivity index (χ1v) is 7.56. The van der Waals surface area contributed by atoms with Gasteiger partial charge in [-0.25, -0.2) is 0 Å². The molecular formula is C16H16BrCl. The molecule has 0 aliphatic carbocycles. The minimum atomic E-state index is 0.489. The summed E-state index contributed by atoms with van der Waals surface area (Å²) in [5, 5.41) is 1.77. The zero-order chi connectivity index (χ0) is 13.0. The largest absolute Gasteiger partial charge is 0.0921 e. The standard InChI is InChI=1S/C16H16BrCl/c1-12-4-2-6-14(8-12)15(11-17)9-13-5-3-7-16(18)10-13/h2-8,10,15H,9,11H2,1H3. The van der Waals surface area contributed by atoms with E-state index in [0.29, 0.717) is 5.92 Å². The molecule has 1 unspecified atom stereocenters. The SMILES string of the molecule is Cc1cccc(C(CBr)Cc2cccc(Cl)c2)c1. The lowest BCUT2D eigenvalue weighted by molar-refractivity contribution is 0.774. The van der Waals surface area contributed by atoms with Crippen LogP contribution in [0.4, 0.5) is 0 Å². The Balaban J connectivity index is 2.19. The van der Waals surface area contributed by atoms with Crippen molar-refractivity contribution in [2.75, 3.05) is 5.33 Å². The Hall–Kier alpha value is -0.790. The van der Waals surface area contributed by atoms with Gasteiger partial charge in [0.15, 0.2) is 0 Å². The molecule has 0 aliphatic heterocycles. The van der Waals surface area contributed by atoms with Crippen LogP contribution < -0.4 is 0 Å². The predicted molar refractivity (Wildman–Crippen MR) is 82.9 cm³/mol. The molecule has 0 aliphatic rings. The van der Waals surface area contributed by atoms with Crippen LogP contribution in [-0.2, 0) is 6.42 Å². The summed E-state index contributed by atoms with van der Waals surface area (Å²) in [6.07, 6.45) is 1.01. The summed E-state index contributed by atoms with van der Waals surface area (Å²) < 4.78 is 0. The summed E-state index contributed by atoms with van der Waals surface area (Å²) in [5.41, 5.74) is 3.98. The minimum absolute atomic E-state index is 0.489. The number of rotatable bonds is 4. The van der Waals surface area contributed by atoms with E-state index in [-0.39, 0.29) is 0 Å². The molecule has 0 amide bonds. The van der Waals surface area contributed by atoms with Gasteiger partial charge in [0, 0.05) is 10.4 Å². The van der Waals surface area contributed by atoms with E-state index in [4.69, 9.17) is 11.6 Å². The normalized spacial score (nSPS) is 12.4. The van der Waals surface area contributed by atoms with Crippen molar-refractivity contribution in [1.29, 1.82) is 0 Å². The summed E-state index contributed by atoms with van der Waals surface area (Å²) in [6, 6.07) is 16.8. The molecule has 0 aromatic heterocycles. The molecule has 0 radical (unpaired) electrons. The molecule has 1 atom stereocenters. The molecule has 0 spiro atoms. The van der Waals surface area contributed by atoms with Crippen LogP contribution >= 0.6 is 27.5 Å². The Morgan fingerprint density at radius 2 is 1.89 bits per heavy atom. The van der Waals surface area contributed by atoms with Gasteiger partial charge in [-0.3, -0.25) is 0 Å². The number of halogens is 2. The van der Waals surface area contributed by atoms with Crippen molar-refractivity contribution in [1.82, 2.24) is 0 Å². The molecule has 2 rings (SSSR count). The van der Waals surface area contributed by atoms with Crippen molar-refractivity contribution < 1.29 is 0 Å². The van der Waals surface area contributed by atoms with Crippen LogP contribution in [0.15, 0.2) is 48.5 Å². The van der Waals surface area contributed by atoms with Crippen LogP contribution in [0.2, 0.25) is 5.02 Å². The van der Waals surface area contributed by atoms with Crippen molar-refractivity contribution in [3.63, 3.8) is 0 Å². The third kappa shape index (κ3) is 3.60. The summed E-state index contributed by atoms with van der Waals surface area (Å²) in [5.74, 6) is 0.489. The summed E-state index contributed by atoms with van der Waals surface area (Å²) in [4.78, 5) is 0. The molecular weight excluding hydrogens is 308 g/mol. The van der Waals surface area contributed by atoms with Crippen molar-refractivity contribution in [3.8, 4) is 0 Å². The lowest BCUT2D eigenvalue weighted by atomic mass is 9.93. The zero-order valence-electron chi connectivity index (χ0n) is 10.4. The van der Waals surface area contributed by atoms with Gasteiger partial charge >= 0.3 is 0 Å².